The number of nitrogens with two attached hydrogens (primary N) is 1. The SMILES string of the molecule is CCc1ccc(C(C)N2CC(CS(N)(=O)=O)CC2=O)cc1. The average Bonchev–Trinajstić information content (AvgIpc) is 2.76. The van der Waals surface area contributed by atoms with E-state index in [1.807, 2.05) is 19.1 Å². The molecule has 1 aliphatic rings. The second-order valence-electron chi connectivity index (χ2n) is 5.72. The van der Waals surface area contributed by atoms with E-state index in [-0.39, 0.29) is 30.0 Å². The fraction of sp³-hybridized carbons (Fsp3) is 0.533. The van der Waals surface area contributed by atoms with Crippen LogP contribution in [0.2, 0.25) is 0 Å². The number of amides is 1. The Bertz CT molecular complexity index is 610. The molecule has 2 N–H and O–H groups in total. The van der Waals surface area contributed by atoms with Gasteiger partial charge in [0.25, 0.3) is 0 Å². The van der Waals surface area contributed by atoms with Crippen molar-refractivity contribution in [1.82, 2.24) is 4.90 Å². The molecular weight excluding hydrogens is 288 g/mol. The first-order valence-corrected chi connectivity index (χ1v) is 8.90. The zero-order chi connectivity index (χ0) is 15.6. The molecule has 21 heavy (non-hydrogen) atoms. The number of aryl methyl sites for hydroxylation is 1. The van der Waals surface area contributed by atoms with Crippen LogP contribution in [-0.4, -0.2) is 31.5 Å². The minimum atomic E-state index is -3.53. The first-order valence-electron chi connectivity index (χ1n) is 7.19. The normalized spacial score (nSPS) is 20.8. The number of rotatable bonds is 5. The third kappa shape index (κ3) is 4.04. The Morgan fingerprint density at radius 1 is 1.33 bits per heavy atom. The summed E-state index contributed by atoms with van der Waals surface area (Å²) in [6, 6.07) is 8.14. The van der Waals surface area contributed by atoms with Crippen LogP contribution in [0, 0.1) is 5.92 Å². The van der Waals surface area contributed by atoms with E-state index in [9.17, 15) is 13.2 Å². The number of carbonyl (C=O) groups excluding carboxylic acids is 1. The summed E-state index contributed by atoms with van der Waals surface area (Å²) < 4.78 is 22.3. The molecule has 1 aromatic rings. The lowest BCUT2D eigenvalue weighted by atomic mass is 10.0. The number of primary sulfonamides is 1. The minimum Gasteiger partial charge on any atom is -0.336 e. The summed E-state index contributed by atoms with van der Waals surface area (Å²) in [7, 11) is -3.53. The van der Waals surface area contributed by atoms with Crippen molar-refractivity contribution in [1.29, 1.82) is 0 Å². The molecule has 6 heteroatoms. The van der Waals surface area contributed by atoms with Gasteiger partial charge in [0, 0.05) is 18.9 Å². The third-order valence-electron chi connectivity index (χ3n) is 4.04. The molecular formula is C15H22N2O3S. The van der Waals surface area contributed by atoms with Gasteiger partial charge in [0.15, 0.2) is 0 Å². The molecule has 1 aromatic carbocycles. The molecule has 1 heterocycles. The maximum atomic E-state index is 12.1. The molecule has 0 aromatic heterocycles. The number of benzene rings is 1. The molecule has 0 aliphatic carbocycles. The molecule has 1 amide bonds. The zero-order valence-corrected chi connectivity index (χ0v) is 13.3. The molecule has 2 rings (SSSR count). The van der Waals surface area contributed by atoms with E-state index in [1.54, 1.807) is 4.90 Å². The van der Waals surface area contributed by atoms with Crippen LogP contribution in [0.5, 0.6) is 0 Å². The van der Waals surface area contributed by atoms with Crippen molar-refractivity contribution in [3.8, 4) is 0 Å². The Labute approximate surface area is 126 Å². The highest BCUT2D eigenvalue weighted by Gasteiger charge is 2.34. The van der Waals surface area contributed by atoms with Crippen LogP contribution in [0.3, 0.4) is 0 Å². The van der Waals surface area contributed by atoms with Gasteiger partial charge in [0.2, 0.25) is 15.9 Å². The van der Waals surface area contributed by atoms with Gasteiger partial charge in [-0.2, -0.15) is 0 Å². The van der Waals surface area contributed by atoms with Crippen molar-refractivity contribution in [3.05, 3.63) is 35.4 Å². The standard InChI is InChI=1S/C15H22N2O3S/c1-3-12-4-6-14(7-5-12)11(2)17-9-13(8-15(17)18)10-21(16,19)20/h4-7,11,13H,3,8-10H2,1-2H3,(H2,16,19,20). The lowest BCUT2D eigenvalue weighted by Gasteiger charge is -2.25. The van der Waals surface area contributed by atoms with Crippen LogP contribution in [0.1, 0.15) is 37.4 Å². The van der Waals surface area contributed by atoms with E-state index in [0.29, 0.717) is 6.54 Å². The summed E-state index contributed by atoms with van der Waals surface area (Å²) in [5, 5.41) is 5.07. The van der Waals surface area contributed by atoms with Crippen molar-refractivity contribution in [3.63, 3.8) is 0 Å². The van der Waals surface area contributed by atoms with E-state index in [2.05, 4.69) is 19.1 Å². The van der Waals surface area contributed by atoms with Crippen LogP contribution >= 0.6 is 0 Å². The van der Waals surface area contributed by atoms with Gasteiger partial charge in [-0.15, -0.1) is 0 Å². The van der Waals surface area contributed by atoms with Crippen LogP contribution < -0.4 is 5.14 Å². The summed E-state index contributed by atoms with van der Waals surface area (Å²) in [6.45, 7) is 4.52. The topological polar surface area (TPSA) is 80.5 Å². The van der Waals surface area contributed by atoms with E-state index in [0.717, 1.165) is 12.0 Å². The summed E-state index contributed by atoms with van der Waals surface area (Å²) >= 11 is 0. The lowest BCUT2D eigenvalue weighted by Crippen LogP contribution is -2.30. The molecule has 2 unspecified atom stereocenters. The van der Waals surface area contributed by atoms with Crippen LogP contribution in [0.15, 0.2) is 24.3 Å². The highest BCUT2D eigenvalue weighted by molar-refractivity contribution is 7.89. The summed E-state index contributed by atoms with van der Waals surface area (Å²) in [6.07, 6.45) is 1.24. The number of likely N-dealkylation sites (tertiary alicyclic amines) is 1. The van der Waals surface area contributed by atoms with Crippen LogP contribution in [0.4, 0.5) is 0 Å². The van der Waals surface area contributed by atoms with E-state index in [1.165, 1.54) is 5.56 Å². The first-order chi connectivity index (χ1) is 9.80. The highest BCUT2D eigenvalue weighted by atomic mass is 32.2. The smallest absolute Gasteiger partial charge is 0.223 e. The predicted molar refractivity (Wildman–Crippen MR) is 82.0 cm³/mol. The van der Waals surface area contributed by atoms with Crippen molar-refractivity contribution in [2.45, 2.75) is 32.7 Å². The number of hydrogen-bond acceptors (Lipinski definition) is 3. The fourth-order valence-corrected chi connectivity index (χ4v) is 3.72. The van der Waals surface area contributed by atoms with Gasteiger partial charge in [-0.3, -0.25) is 4.79 Å². The maximum absolute atomic E-state index is 12.1. The molecule has 0 saturated carbocycles. The molecule has 1 aliphatic heterocycles. The Morgan fingerprint density at radius 3 is 2.48 bits per heavy atom. The molecule has 0 bridgehead atoms. The summed E-state index contributed by atoms with van der Waals surface area (Å²) in [4.78, 5) is 13.8. The van der Waals surface area contributed by atoms with Gasteiger partial charge in [-0.25, -0.2) is 13.6 Å². The second-order valence-corrected chi connectivity index (χ2v) is 7.38. The van der Waals surface area contributed by atoms with Gasteiger partial charge in [-0.1, -0.05) is 31.2 Å². The quantitative estimate of drug-likeness (QED) is 0.893. The molecule has 2 atom stereocenters. The van der Waals surface area contributed by atoms with Gasteiger partial charge < -0.3 is 4.90 Å². The summed E-state index contributed by atoms with van der Waals surface area (Å²) in [5.41, 5.74) is 2.32. The third-order valence-corrected chi connectivity index (χ3v) is 4.98. The number of sulfonamides is 1. The first kappa shape index (κ1) is 16.0. The fourth-order valence-electron chi connectivity index (χ4n) is 2.83. The van der Waals surface area contributed by atoms with Gasteiger partial charge in [-0.05, 0) is 24.5 Å². The number of nitrogens with zero attached hydrogens (tertiary/aromatic N) is 1. The molecule has 0 spiro atoms. The van der Waals surface area contributed by atoms with Crippen molar-refractivity contribution >= 4 is 15.9 Å². The summed E-state index contributed by atoms with van der Waals surface area (Å²) in [5.74, 6) is -0.336. The van der Waals surface area contributed by atoms with Crippen molar-refractivity contribution in [2.24, 2.45) is 11.1 Å². The largest absolute Gasteiger partial charge is 0.336 e. The second kappa shape index (κ2) is 6.15. The predicted octanol–water partition coefficient (Wildman–Crippen LogP) is 1.45. The van der Waals surface area contributed by atoms with Gasteiger partial charge in [0.05, 0.1) is 11.8 Å². The highest BCUT2D eigenvalue weighted by Crippen LogP contribution is 2.29. The lowest BCUT2D eigenvalue weighted by molar-refractivity contribution is -0.129. The molecule has 0 radical (unpaired) electrons. The number of hydrogen-bond donors (Lipinski definition) is 1. The Kier molecular flexibility index (Phi) is 4.68. The van der Waals surface area contributed by atoms with E-state index < -0.39 is 10.0 Å². The van der Waals surface area contributed by atoms with Gasteiger partial charge >= 0.3 is 0 Å². The van der Waals surface area contributed by atoms with E-state index >= 15 is 0 Å². The van der Waals surface area contributed by atoms with E-state index in [4.69, 9.17) is 5.14 Å². The molecule has 1 saturated heterocycles. The Morgan fingerprint density at radius 2 is 1.95 bits per heavy atom. The zero-order valence-electron chi connectivity index (χ0n) is 12.5. The maximum Gasteiger partial charge on any atom is 0.223 e. The molecule has 5 nitrogen and oxygen atoms in total. The van der Waals surface area contributed by atoms with Crippen LogP contribution in [0.25, 0.3) is 0 Å². The molecule has 116 valence electrons. The Hall–Kier alpha value is -1.40. The van der Waals surface area contributed by atoms with Crippen molar-refractivity contribution < 1.29 is 13.2 Å². The van der Waals surface area contributed by atoms with Crippen LogP contribution in [-0.2, 0) is 21.2 Å². The Balaban J connectivity index is 2.08. The number of carbonyl (C=O) groups is 1. The van der Waals surface area contributed by atoms with Crippen molar-refractivity contribution in [2.75, 3.05) is 12.3 Å². The molecule has 1 fully saturated rings. The van der Waals surface area contributed by atoms with Gasteiger partial charge in [0.1, 0.15) is 0 Å². The monoisotopic (exact) mass is 310 g/mol. The average molecular weight is 310 g/mol. The minimum absolute atomic E-state index is 0.00396.